The molecule has 8 nitrogen and oxygen atoms in total. The van der Waals surface area contributed by atoms with Crippen molar-refractivity contribution in [3.63, 3.8) is 0 Å². The highest BCUT2D eigenvalue weighted by Gasteiger charge is 2.72. The first-order valence-corrected chi connectivity index (χ1v) is 20.3. The maximum absolute atomic E-state index is 14.9. The molecule has 0 radical (unpaired) electrons. The first kappa shape index (κ1) is 37.9. The molecule has 1 aromatic rings. The van der Waals surface area contributed by atoms with Crippen molar-refractivity contribution in [2.24, 2.45) is 56.7 Å². The zero-order chi connectivity index (χ0) is 38.1. The monoisotopic (exact) mass is 727 g/mol. The fourth-order valence-electron chi connectivity index (χ4n) is 13.0. The summed E-state index contributed by atoms with van der Waals surface area (Å²) in [6.07, 6.45) is 13.3. The number of rotatable bonds is 8. The molecule has 8 heteroatoms. The van der Waals surface area contributed by atoms with Crippen LogP contribution >= 0.6 is 0 Å². The van der Waals surface area contributed by atoms with Crippen LogP contribution < -0.4 is 14.8 Å². The molecule has 288 valence electrons. The number of carbonyl (C=O) groups excluding carboxylic acids is 4. The highest BCUT2D eigenvalue weighted by molar-refractivity contribution is 5.96. The number of ketones is 2. The van der Waals surface area contributed by atoms with E-state index in [0.29, 0.717) is 48.6 Å². The molecule has 1 aliphatic heterocycles. The standard InChI is InChI=1S/C45H61NO7/c1-27-15-18-41(4)21-22-43(6)32(38(41)28(27)2)25-33(49)39-42(5)19-17-37(53-29(3)47)45(8,36(42)16-20-44(39,43)7)40(50)46-23-9-10-31(48)13-11-30-12-14-34-35(24-30)52-26-51-34/h11-14,24-25,27-28,36-39H,9-10,15-23,26H2,1-8H3,(H,46,50)/b13-11+/t27-,28+,36?,37-,38?,39?,41-,42+,43-,44-,45-/m1/s1. The lowest BCUT2D eigenvalue weighted by Gasteiger charge is -2.70. The van der Waals surface area contributed by atoms with Crippen molar-refractivity contribution in [1.82, 2.24) is 5.32 Å². The van der Waals surface area contributed by atoms with Crippen LogP contribution in [0.25, 0.3) is 6.08 Å². The Hall–Kier alpha value is -3.42. The number of allylic oxidation sites excluding steroid dienone is 3. The van der Waals surface area contributed by atoms with Crippen molar-refractivity contribution in [3.8, 4) is 11.5 Å². The number of nitrogens with one attached hydrogen (secondary N) is 1. The van der Waals surface area contributed by atoms with E-state index in [1.54, 1.807) is 12.2 Å². The van der Waals surface area contributed by atoms with E-state index < -0.39 is 22.9 Å². The summed E-state index contributed by atoms with van der Waals surface area (Å²) in [7, 11) is 0. The maximum Gasteiger partial charge on any atom is 0.302 e. The molecule has 3 unspecified atom stereocenters. The first-order valence-electron chi connectivity index (χ1n) is 20.3. The van der Waals surface area contributed by atoms with Gasteiger partial charge in [0.15, 0.2) is 23.1 Å². The maximum atomic E-state index is 14.9. The third-order valence-corrected chi connectivity index (χ3v) is 16.3. The number of carbonyl (C=O) groups is 4. The zero-order valence-electron chi connectivity index (χ0n) is 33.3. The van der Waals surface area contributed by atoms with Crippen LogP contribution in [0.1, 0.15) is 125 Å². The molecule has 0 aromatic heterocycles. The van der Waals surface area contributed by atoms with Gasteiger partial charge in [0.2, 0.25) is 12.7 Å². The lowest BCUT2D eigenvalue weighted by molar-refractivity contribution is -0.214. The number of fused-ring (bicyclic) bond motifs is 8. The third kappa shape index (κ3) is 5.91. The molecular formula is C45H61NO7. The van der Waals surface area contributed by atoms with Gasteiger partial charge in [0.25, 0.3) is 0 Å². The number of esters is 1. The minimum atomic E-state index is -1.02. The van der Waals surface area contributed by atoms with E-state index in [4.69, 9.17) is 14.2 Å². The smallest absolute Gasteiger partial charge is 0.302 e. The minimum Gasteiger partial charge on any atom is -0.461 e. The largest absolute Gasteiger partial charge is 0.461 e. The molecule has 1 heterocycles. The van der Waals surface area contributed by atoms with Crippen LogP contribution in [-0.2, 0) is 23.9 Å². The second-order valence-electron chi connectivity index (χ2n) is 19.0. The third-order valence-electron chi connectivity index (χ3n) is 16.3. The molecule has 4 fully saturated rings. The Bertz CT molecular complexity index is 1750. The van der Waals surface area contributed by atoms with Gasteiger partial charge >= 0.3 is 5.97 Å². The van der Waals surface area contributed by atoms with Gasteiger partial charge in [-0.25, -0.2) is 0 Å². The van der Waals surface area contributed by atoms with Gasteiger partial charge in [-0.3, -0.25) is 19.2 Å². The normalized spacial score (nSPS) is 41.4. The highest BCUT2D eigenvalue weighted by Crippen LogP contribution is 2.75. The topological polar surface area (TPSA) is 108 Å². The number of hydrogen-bond donors (Lipinski definition) is 1. The number of ether oxygens (including phenoxy) is 3. The number of hydrogen-bond acceptors (Lipinski definition) is 7. The van der Waals surface area contributed by atoms with Gasteiger partial charge in [-0.1, -0.05) is 59.3 Å². The fraction of sp³-hybridized carbons (Fsp3) is 0.689. The van der Waals surface area contributed by atoms with E-state index in [-0.39, 0.29) is 58.8 Å². The van der Waals surface area contributed by atoms with Crippen LogP contribution in [0, 0.1) is 56.7 Å². The lowest BCUT2D eigenvalue weighted by atomic mass is 9.33. The predicted octanol–water partition coefficient (Wildman–Crippen LogP) is 8.66. The summed E-state index contributed by atoms with van der Waals surface area (Å²) in [5.41, 5.74) is 0.694. The Morgan fingerprint density at radius 1 is 0.943 bits per heavy atom. The SMILES string of the molecule is CC(=O)O[C@@H]1CC[C@@]2(C)C(CC[C@]3(C)C2C(=O)C=C2C4[C@@H](C)[C@H](C)CC[C@]4(C)CC[C@]23C)[C@@]1(C)C(=O)NCCCC(=O)/C=C/c1ccc2c(c1)OCO2. The van der Waals surface area contributed by atoms with Crippen molar-refractivity contribution in [1.29, 1.82) is 0 Å². The molecule has 11 atom stereocenters. The Labute approximate surface area is 316 Å². The fourth-order valence-corrected chi connectivity index (χ4v) is 13.0. The second kappa shape index (κ2) is 13.4. The molecule has 0 bridgehead atoms. The van der Waals surface area contributed by atoms with Gasteiger partial charge in [-0.15, -0.1) is 0 Å². The molecule has 1 N–H and O–H groups in total. The molecule has 5 aliphatic carbocycles. The van der Waals surface area contributed by atoms with Crippen molar-refractivity contribution in [3.05, 3.63) is 41.5 Å². The Kier molecular flexibility index (Phi) is 9.58. The Morgan fingerprint density at radius 3 is 2.45 bits per heavy atom. The first-order chi connectivity index (χ1) is 25.0. The van der Waals surface area contributed by atoms with Gasteiger partial charge in [-0.05, 0) is 140 Å². The second-order valence-corrected chi connectivity index (χ2v) is 19.0. The molecule has 0 spiro atoms. The zero-order valence-corrected chi connectivity index (χ0v) is 33.3. The average molecular weight is 728 g/mol. The summed E-state index contributed by atoms with van der Waals surface area (Å²) in [6.45, 7) is 18.3. The number of amides is 1. The van der Waals surface area contributed by atoms with Crippen molar-refractivity contribution < 1.29 is 33.4 Å². The van der Waals surface area contributed by atoms with Gasteiger partial charge in [0.05, 0.1) is 5.41 Å². The van der Waals surface area contributed by atoms with Gasteiger partial charge in [0, 0.05) is 25.8 Å². The van der Waals surface area contributed by atoms with Crippen LogP contribution in [0.3, 0.4) is 0 Å². The molecule has 7 rings (SSSR count). The Balaban J connectivity index is 1.10. The van der Waals surface area contributed by atoms with Crippen LogP contribution in [0.15, 0.2) is 35.9 Å². The summed E-state index contributed by atoms with van der Waals surface area (Å²) >= 11 is 0. The van der Waals surface area contributed by atoms with Gasteiger partial charge in [0.1, 0.15) is 6.10 Å². The molecular weight excluding hydrogens is 666 g/mol. The van der Waals surface area contributed by atoms with E-state index in [1.165, 1.54) is 31.8 Å². The van der Waals surface area contributed by atoms with Gasteiger partial charge < -0.3 is 19.5 Å². The molecule has 1 amide bonds. The van der Waals surface area contributed by atoms with E-state index in [0.717, 1.165) is 31.2 Å². The quantitative estimate of drug-likeness (QED) is 0.162. The van der Waals surface area contributed by atoms with Crippen molar-refractivity contribution >= 4 is 29.5 Å². The van der Waals surface area contributed by atoms with Crippen LogP contribution in [0.2, 0.25) is 0 Å². The Morgan fingerprint density at radius 2 is 1.70 bits per heavy atom. The van der Waals surface area contributed by atoms with Crippen molar-refractivity contribution in [2.75, 3.05) is 13.3 Å². The van der Waals surface area contributed by atoms with Crippen LogP contribution in [-0.4, -0.2) is 42.9 Å². The summed E-state index contributed by atoms with van der Waals surface area (Å²) in [5.74, 6) is 2.23. The minimum absolute atomic E-state index is 0.0328. The van der Waals surface area contributed by atoms with E-state index in [9.17, 15) is 19.2 Å². The number of benzene rings is 1. The predicted molar refractivity (Wildman–Crippen MR) is 204 cm³/mol. The highest BCUT2D eigenvalue weighted by atomic mass is 16.7. The van der Waals surface area contributed by atoms with Crippen molar-refractivity contribution in [2.45, 2.75) is 126 Å². The molecule has 0 saturated heterocycles. The van der Waals surface area contributed by atoms with E-state index in [1.807, 2.05) is 25.1 Å². The lowest BCUT2D eigenvalue weighted by Crippen LogP contribution is -2.69. The molecule has 53 heavy (non-hydrogen) atoms. The van der Waals surface area contributed by atoms with Crippen LogP contribution in [0.4, 0.5) is 0 Å². The van der Waals surface area contributed by atoms with E-state index >= 15 is 0 Å². The molecule has 1 aromatic carbocycles. The average Bonchev–Trinajstić information content (AvgIpc) is 3.58. The van der Waals surface area contributed by atoms with Gasteiger partial charge in [-0.2, -0.15) is 0 Å². The molecule has 4 saturated carbocycles. The summed E-state index contributed by atoms with van der Waals surface area (Å²) in [5, 5.41) is 3.16. The summed E-state index contributed by atoms with van der Waals surface area (Å²) in [4.78, 5) is 54.6. The molecule has 6 aliphatic rings. The summed E-state index contributed by atoms with van der Waals surface area (Å²) in [6, 6.07) is 5.55. The van der Waals surface area contributed by atoms with Crippen LogP contribution in [0.5, 0.6) is 11.5 Å². The summed E-state index contributed by atoms with van der Waals surface area (Å²) < 4.78 is 16.8. The van der Waals surface area contributed by atoms with E-state index in [2.05, 4.69) is 52.9 Å².